The zero-order chi connectivity index (χ0) is 13.9. The first-order chi connectivity index (χ1) is 9.74. The molecule has 1 aliphatic carbocycles. The van der Waals surface area contributed by atoms with Crippen molar-refractivity contribution in [1.29, 1.82) is 0 Å². The molecule has 0 bridgehead atoms. The normalized spacial score (nSPS) is 14.5. The number of hydrogen-bond donors (Lipinski definition) is 1. The maximum absolute atomic E-state index is 6.09. The minimum atomic E-state index is 0.625. The smallest absolute Gasteiger partial charge is 0.127 e. The second-order valence-electron chi connectivity index (χ2n) is 5.20. The molecule has 4 heteroatoms. The van der Waals surface area contributed by atoms with Crippen LogP contribution in [0.3, 0.4) is 0 Å². The number of hydrogen-bond acceptors (Lipinski definition) is 3. The van der Waals surface area contributed by atoms with Crippen LogP contribution in [-0.2, 0) is 13.2 Å². The number of rotatable bonds is 6. The predicted octanol–water partition coefficient (Wildman–Crippen LogP) is 4.65. The van der Waals surface area contributed by atoms with E-state index in [0.717, 1.165) is 22.8 Å². The molecule has 20 heavy (non-hydrogen) atoms. The van der Waals surface area contributed by atoms with Gasteiger partial charge in [0.25, 0.3) is 0 Å². The highest BCUT2D eigenvalue weighted by Gasteiger charge is 2.20. The molecule has 0 aliphatic heterocycles. The Morgan fingerprint density at radius 2 is 2.20 bits per heavy atom. The van der Waals surface area contributed by atoms with E-state index in [1.54, 1.807) is 11.3 Å². The van der Waals surface area contributed by atoms with Gasteiger partial charge in [0, 0.05) is 22.6 Å². The molecule has 0 amide bonds. The van der Waals surface area contributed by atoms with Crippen LogP contribution >= 0.6 is 27.3 Å². The van der Waals surface area contributed by atoms with Crippen LogP contribution in [0.25, 0.3) is 0 Å². The Bertz CT molecular complexity index is 592. The van der Waals surface area contributed by atoms with Gasteiger partial charge in [-0.3, -0.25) is 0 Å². The van der Waals surface area contributed by atoms with Gasteiger partial charge in [-0.05, 0) is 52.7 Å². The van der Waals surface area contributed by atoms with E-state index in [1.807, 2.05) is 0 Å². The molecular formula is C16H18BrNOS. The predicted molar refractivity (Wildman–Crippen MR) is 87.4 cm³/mol. The van der Waals surface area contributed by atoms with Gasteiger partial charge in [-0.2, -0.15) is 0 Å². The first-order valence-corrected chi connectivity index (χ1v) is 8.58. The Morgan fingerprint density at radius 1 is 1.35 bits per heavy atom. The highest BCUT2D eigenvalue weighted by molar-refractivity contribution is 9.10. The number of halogens is 1. The van der Waals surface area contributed by atoms with Crippen LogP contribution < -0.4 is 10.1 Å². The van der Waals surface area contributed by atoms with Crippen LogP contribution in [0.4, 0.5) is 0 Å². The van der Waals surface area contributed by atoms with Crippen molar-refractivity contribution < 1.29 is 4.74 Å². The average molecular weight is 352 g/mol. The number of aryl methyl sites for hydroxylation is 1. The van der Waals surface area contributed by atoms with Gasteiger partial charge in [-0.1, -0.05) is 18.2 Å². The third-order valence-electron chi connectivity index (χ3n) is 3.49. The first kappa shape index (κ1) is 14.1. The van der Waals surface area contributed by atoms with Gasteiger partial charge in [0.1, 0.15) is 12.4 Å². The van der Waals surface area contributed by atoms with E-state index in [-0.39, 0.29) is 0 Å². The Morgan fingerprint density at radius 3 is 2.90 bits per heavy atom. The Kier molecular flexibility index (Phi) is 4.44. The van der Waals surface area contributed by atoms with Crippen molar-refractivity contribution >= 4 is 27.3 Å². The van der Waals surface area contributed by atoms with Gasteiger partial charge in [0.05, 0.1) is 4.88 Å². The van der Waals surface area contributed by atoms with Crippen LogP contribution in [0.1, 0.15) is 28.8 Å². The summed E-state index contributed by atoms with van der Waals surface area (Å²) in [7, 11) is 0. The van der Waals surface area contributed by atoms with Crippen LogP contribution in [0, 0.1) is 6.92 Å². The van der Waals surface area contributed by atoms with Crippen LogP contribution in [0.5, 0.6) is 5.75 Å². The number of benzene rings is 1. The molecule has 1 heterocycles. The van der Waals surface area contributed by atoms with E-state index in [0.29, 0.717) is 6.61 Å². The van der Waals surface area contributed by atoms with Crippen molar-refractivity contribution in [3.63, 3.8) is 0 Å². The maximum atomic E-state index is 6.09. The average Bonchev–Trinajstić information content (AvgIpc) is 3.18. The summed E-state index contributed by atoms with van der Waals surface area (Å²) in [6, 6.07) is 9.15. The number of para-hydroxylation sites is 1. The molecule has 3 rings (SSSR count). The fourth-order valence-corrected chi connectivity index (χ4v) is 3.54. The monoisotopic (exact) mass is 351 g/mol. The number of nitrogens with one attached hydrogen (secondary N) is 1. The molecule has 1 aromatic carbocycles. The van der Waals surface area contributed by atoms with E-state index >= 15 is 0 Å². The minimum absolute atomic E-state index is 0.625. The third kappa shape index (κ3) is 3.43. The van der Waals surface area contributed by atoms with E-state index in [1.165, 1.54) is 28.8 Å². The van der Waals surface area contributed by atoms with Crippen molar-refractivity contribution in [1.82, 2.24) is 5.32 Å². The van der Waals surface area contributed by atoms with Gasteiger partial charge < -0.3 is 10.1 Å². The molecule has 0 radical (unpaired) electrons. The van der Waals surface area contributed by atoms with Gasteiger partial charge in [0.15, 0.2) is 0 Å². The van der Waals surface area contributed by atoms with E-state index in [2.05, 4.69) is 57.8 Å². The summed E-state index contributed by atoms with van der Waals surface area (Å²) >= 11 is 5.27. The molecule has 1 fully saturated rings. The molecule has 0 saturated heterocycles. The summed E-state index contributed by atoms with van der Waals surface area (Å²) in [4.78, 5) is 1.23. The molecule has 1 N–H and O–H groups in total. The maximum Gasteiger partial charge on any atom is 0.127 e. The molecule has 1 saturated carbocycles. The first-order valence-electron chi connectivity index (χ1n) is 6.90. The minimum Gasteiger partial charge on any atom is -0.487 e. The largest absolute Gasteiger partial charge is 0.487 e. The van der Waals surface area contributed by atoms with Gasteiger partial charge in [-0.25, -0.2) is 0 Å². The van der Waals surface area contributed by atoms with Crippen LogP contribution in [0.15, 0.2) is 34.1 Å². The lowest BCUT2D eigenvalue weighted by atomic mass is 10.1. The van der Waals surface area contributed by atoms with E-state index in [9.17, 15) is 0 Å². The fourth-order valence-electron chi connectivity index (χ4n) is 2.17. The molecule has 2 nitrogen and oxygen atoms in total. The van der Waals surface area contributed by atoms with Crippen LogP contribution in [-0.4, -0.2) is 6.04 Å². The standard InChI is InChI=1S/C16H18BrNOS/c1-11-3-2-4-12(9-18-13-5-6-13)16(11)19-10-15-14(17)7-8-20-15/h2-4,7-8,13,18H,5-6,9-10H2,1H3. The zero-order valence-electron chi connectivity index (χ0n) is 11.5. The van der Waals surface area contributed by atoms with E-state index in [4.69, 9.17) is 4.74 Å². The van der Waals surface area contributed by atoms with Crippen molar-refractivity contribution in [2.45, 2.75) is 39.0 Å². The second kappa shape index (κ2) is 6.29. The quantitative estimate of drug-likeness (QED) is 0.817. The Hall–Kier alpha value is -0.840. The highest BCUT2D eigenvalue weighted by atomic mass is 79.9. The zero-order valence-corrected chi connectivity index (χ0v) is 13.9. The van der Waals surface area contributed by atoms with Crippen molar-refractivity contribution in [3.05, 3.63) is 50.1 Å². The summed E-state index contributed by atoms with van der Waals surface area (Å²) in [5.74, 6) is 1.03. The summed E-state index contributed by atoms with van der Waals surface area (Å²) in [6.07, 6.45) is 2.62. The van der Waals surface area contributed by atoms with Crippen LogP contribution in [0.2, 0.25) is 0 Å². The summed E-state index contributed by atoms with van der Waals surface area (Å²) in [5, 5.41) is 5.64. The Balaban J connectivity index is 1.71. The molecule has 0 spiro atoms. The fraction of sp³-hybridized carbons (Fsp3) is 0.375. The SMILES string of the molecule is Cc1cccc(CNC2CC2)c1OCc1sccc1Br. The van der Waals surface area contributed by atoms with E-state index < -0.39 is 0 Å². The second-order valence-corrected chi connectivity index (χ2v) is 7.05. The molecule has 2 aromatic rings. The van der Waals surface area contributed by atoms with Crippen molar-refractivity contribution in [2.75, 3.05) is 0 Å². The summed E-state index contributed by atoms with van der Waals surface area (Å²) in [6.45, 7) is 3.63. The Labute approximate surface area is 132 Å². The van der Waals surface area contributed by atoms with Crippen molar-refractivity contribution in [3.8, 4) is 5.75 Å². The van der Waals surface area contributed by atoms with Gasteiger partial charge >= 0.3 is 0 Å². The summed E-state index contributed by atoms with van der Waals surface area (Å²) in [5.41, 5.74) is 2.46. The third-order valence-corrected chi connectivity index (χ3v) is 5.39. The number of thiophene rings is 1. The van der Waals surface area contributed by atoms with Gasteiger partial charge in [0.2, 0.25) is 0 Å². The molecule has 1 aliphatic rings. The highest BCUT2D eigenvalue weighted by Crippen LogP contribution is 2.29. The topological polar surface area (TPSA) is 21.3 Å². The lowest BCUT2D eigenvalue weighted by Gasteiger charge is -2.14. The van der Waals surface area contributed by atoms with Gasteiger partial charge in [-0.15, -0.1) is 11.3 Å². The molecule has 0 atom stereocenters. The molecule has 1 aromatic heterocycles. The summed E-state index contributed by atoms with van der Waals surface area (Å²) < 4.78 is 7.22. The van der Waals surface area contributed by atoms with Crippen molar-refractivity contribution in [2.24, 2.45) is 0 Å². The number of ether oxygens (including phenoxy) is 1. The molecule has 106 valence electrons. The lowest BCUT2D eigenvalue weighted by Crippen LogP contribution is -2.16. The molecular weight excluding hydrogens is 334 g/mol. The lowest BCUT2D eigenvalue weighted by molar-refractivity contribution is 0.303. The molecule has 0 unspecified atom stereocenters.